The van der Waals surface area contributed by atoms with Gasteiger partial charge in [0.1, 0.15) is 75.5 Å². The van der Waals surface area contributed by atoms with E-state index in [-0.39, 0.29) is 63.2 Å². The predicted molar refractivity (Wildman–Crippen MR) is 249 cm³/mol. The molecular weight excluding hydrogens is 881 g/mol. The molecule has 13 nitrogen and oxygen atoms in total. The summed E-state index contributed by atoms with van der Waals surface area (Å²) in [6.45, 7) is 0. The second-order valence-corrected chi connectivity index (χ2v) is 18.4. The summed E-state index contributed by atoms with van der Waals surface area (Å²) in [7, 11) is 0. The molecule has 12 rings (SSSR count). The number of ether oxygens (including phenoxy) is 2. The van der Waals surface area contributed by atoms with Gasteiger partial charge in [-0.15, -0.1) is 0 Å². The van der Waals surface area contributed by atoms with Crippen LogP contribution in [-0.4, -0.2) is 56.2 Å². The third kappa shape index (κ3) is 6.37. The number of hydrogen-bond donors (Lipinski definition) is 11. The van der Waals surface area contributed by atoms with E-state index >= 15 is 0 Å². The fraction of sp³-hybridized carbons (Fsp3) is 0.143. The first-order chi connectivity index (χ1) is 33.2. The fourth-order valence-corrected chi connectivity index (χ4v) is 12.0. The highest BCUT2D eigenvalue weighted by molar-refractivity contribution is 5.71. The van der Waals surface area contributed by atoms with Crippen LogP contribution in [0.2, 0.25) is 0 Å². The summed E-state index contributed by atoms with van der Waals surface area (Å²) in [5.74, 6) is -7.19. The smallest absolute Gasteiger partial charge is 0.157 e. The maximum Gasteiger partial charge on any atom is 0.157 e. The molecule has 3 unspecified atom stereocenters. The molecule has 11 N–H and O–H groups in total. The van der Waals surface area contributed by atoms with Crippen molar-refractivity contribution in [2.75, 3.05) is 0 Å². The van der Waals surface area contributed by atoms with Crippen molar-refractivity contribution in [2.45, 2.75) is 47.7 Å². The van der Waals surface area contributed by atoms with Gasteiger partial charge in [0.15, 0.2) is 11.5 Å². The van der Waals surface area contributed by atoms with Crippen molar-refractivity contribution >= 4 is 0 Å². The molecule has 2 aliphatic heterocycles. The van der Waals surface area contributed by atoms with Crippen LogP contribution < -0.4 is 9.47 Å². The van der Waals surface area contributed by atoms with Gasteiger partial charge in [-0.1, -0.05) is 42.5 Å². The highest BCUT2D eigenvalue weighted by Gasteiger charge is 2.55. The van der Waals surface area contributed by atoms with Crippen molar-refractivity contribution < 1.29 is 65.6 Å². The summed E-state index contributed by atoms with van der Waals surface area (Å²) in [5.41, 5.74) is 6.04. The van der Waals surface area contributed by atoms with E-state index < -0.39 is 53.5 Å². The van der Waals surface area contributed by atoms with E-state index in [1.54, 1.807) is 66.7 Å². The van der Waals surface area contributed by atoms with Crippen molar-refractivity contribution in [1.82, 2.24) is 0 Å². The van der Waals surface area contributed by atoms with E-state index in [0.717, 1.165) is 0 Å². The summed E-state index contributed by atoms with van der Waals surface area (Å²) in [6, 6.07) is 35.7. The minimum Gasteiger partial charge on any atom is -0.508 e. The summed E-state index contributed by atoms with van der Waals surface area (Å²) in [4.78, 5) is 0. The highest BCUT2D eigenvalue weighted by atomic mass is 16.5. The Kier molecular flexibility index (Phi) is 9.09. The average Bonchev–Trinajstić information content (AvgIpc) is 3.81. The summed E-state index contributed by atoms with van der Waals surface area (Å²) < 4.78 is 13.6. The first-order valence-electron chi connectivity index (χ1n) is 22.3. The molecular formula is C56H42O13. The SMILES string of the molecule is Oc1ccc([C@@H]2c3c(O)cc(O)cc3C3c4c(cc(O)cc4C2[C@@H]2c4cc(O)cc5c4C(c4cc(O)cc(O)c4[C@H]2c2ccc(O)cc2)[C@H](c2ccc(O)cc2)O5)O[C@H]3c2ccc(O)c(O)c2)cc1. The highest BCUT2D eigenvalue weighted by Crippen LogP contribution is 2.69. The first-order valence-corrected chi connectivity index (χ1v) is 22.3. The van der Waals surface area contributed by atoms with Gasteiger partial charge >= 0.3 is 0 Å². The molecule has 2 heterocycles. The molecule has 0 aromatic heterocycles. The molecule has 344 valence electrons. The number of hydrogen-bond acceptors (Lipinski definition) is 13. The standard InChI is InChI=1S/C56H42O13/c57-28-8-1-24(2-9-28)45-47-35(16-31(60)20-41(47)66)53-49-37(18-33(62)22-43(49)68-55(53)26-5-12-30(59)13-6-26)51(45)52-38-19-34(63)23-44-50(38)54(56(69-44)27-7-14-39(64)40(65)15-27)36-17-32(61)21-42(67)48(36)46(52)25-3-10-29(58)11-4-25/h1-23,45-46,51-67H/t45-,46-,51-,52?,53?,54?,55+,56+/m1/s1. The maximum absolute atomic E-state index is 12.5. The third-order valence-corrected chi connectivity index (χ3v) is 14.6. The first kappa shape index (κ1) is 41.6. The minimum atomic E-state index is -0.977. The quantitative estimate of drug-likeness (QED) is 0.0721. The van der Waals surface area contributed by atoms with Gasteiger partial charge in [0.25, 0.3) is 0 Å². The van der Waals surface area contributed by atoms with Crippen molar-refractivity contribution in [2.24, 2.45) is 0 Å². The topological polar surface area (TPSA) is 241 Å². The zero-order valence-electron chi connectivity index (χ0n) is 36.1. The molecule has 8 aromatic carbocycles. The molecule has 0 bridgehead atoms. The van der Waals surface area contributed by atoms with Gasteiger partial charge in [-0.3, -0.25) is 0 Å². The van der Waals surface area contributed by atoms with Crippen LogP contribution in [0, 0.1) is 0 Å². The van der Waals surface area contributed by atoms with E-state index in [1.807, 2.05) is 0 Å². The molecule has 2 aliphatic carbocycles. The largest absolute Gasteiger partial charge is 0.508 e. The molecule has 0 radical (unpaired) electrons. The molecule has 0 fully saturated rings. The van der Waals surface area contributed by atoms with Crippen molar-refractivity contribution in [1.29, 1.82) is 0 Å². The minimum absolute atomic E-state index is 0.0208. The summed E-state index contributed by atoms with van der Waals surface area (Å²) >= 11 is 0. The lowest BCUT2D eigenvalue weighted by Gasteiger charge is -2.40. The van der Waals surface area contributed by atoms with Crippen LogP contribution in [0.25, 0.3) is 0 Å². The molecule has 8 aromatic rings. The van der Waals surface area contributed by atoms with Gasteiger partial charge in [-0.25, -0.2) is 0 Å². The molecule has 8 atom stereocenters. The Bertz CT molecular complexity index is 3400. The number of rotatable bonds is 5. The number of benzene rings is 8. The molecule has 0 saturated carbocycles. The van der Waals surface area contributed by atoms with Crippen molar-refractivity contribution in [3.8, 4) is 74.7 Å². The van der Waals surface area contributed by atoms with Crippen LogP contribution in [0.15, 0.2) is 140 Å². The van der Waals surface area contributed by atoms with Gasteiger partial charge in [0, 0.05) is 70.2 Å². The Hall–Kier alpha value is -8.84. The molecule has 0 amide bonds. The number of fused-ring (bicyclic) bond motifs is 4. The lowest BCUT2D eigenvalue weighted by molar-refractivity contribution is 0.220. The summed E-state index contributed by atoms with van der Waals surface area (Å²) in [6.07, 6.45) is -1.81. The Labute approximate surface area is 393 Å². The fourth-order valence-electron chi connectivity index (χ4n) is 12.0. The van der Waals surface area contributed by atoms with Gasteiger partial charge in [-0.2, -0.15) is 0 Å². The zero-order chi connectivity index (χ0) is 47.7. The van der Waals surface area contributed by atoms with E-state index in [4.69, 9.17) is 9.47 Å². The van der Waals surface area contributed by atoms with Crippen LogP contribution in [0.1, 0.15) is 114 Å². The number of phenols is 11. The van der Waals surface area contributed by atoms with Crippen LogP contribution in [-0.2, 0) is 0 Å². The molecule has 13 heteroatoms. The van der Waals surface area contributed by atoms with Crippen molar-refractivity contribution in [3.05, 3.63) is 206 Å². The van der Waals surface area contributed by atoms with Gasteiger partial charge in [0.05, 0.1) is 11.8 Å². The third-order valence-electron chi connectivity index (χ3n) is 14.6. The molecule has 69 heavy (non-hydrogen) atoms. The Balaban J connectivity index is 1.25. The van der Waals surface area contributed by atoms with E-state index in [9.17, 15) is 56.2 Å². The Morgan fingerprint density at radius 3 is 1.04 bits per heavy atom. The Morgan fingerprint density at radius 2 is 0.623 bits per heavy atom. The molecule has 0 spiro atoms. The van der Waals surface area contributed by atoms with Gasteiger partial charge < -0.3 is 65.6 Å². The van der Waals surface area contributed by atoms with E-state index in [2.05, 4.69) is 0 Å². The Morgan fingerprint density at radius 1 is 0.261 bits per heavy atom. The van der Waals surface area contributed by atoms with E-state index in [0.29, 0.717) is 72.5 Å². The lowest BCUT2D eigenvalue weighted by atomic mass is 9.62. The van der Waals surface area contributed by atoms with Crippen LogP contribution in [0.4, 0.5) is 0 Å². The average molecular weight is 923 g/mol. The van der Waals surface area contributed by atoms with E-state index in [1.165, 1.54) is 72.8 Å². The zero-order valence-corrected chi connectivity index (χ0v) is 36.1. The number of aromatic hydroxyl groups is 11. The lowest BCUT2D eigenvalue weighted by Crippen LogP contribution is -2.26. The maximum atomic E-state index is 12.5. The predicted octanol–water partition coefficient (Wildman–Crippen LogP) is 10.1. The van der Waals surface area contributed by atoms with Gasteiger partial charge in [-0.05, 0) is 117 Å². The molecule has 0 saturated heterocycles. The van der Waals surface area contributed by atoms with Crippen LogP contribution >= 0.6 is 0 Å². The van der Waals surface area contributed by atoms with Crippen molar-refractivity contribution in [3.63, 3.8) is 0 Å². The second-order valence-electron chi connectivity index (χ2n) is 18.4. The summed E-state index contributed by atoms with van der Waals surface area (Å²) in [5, 5.41) is 125. The molecule has 4 aliphatic rings. The van der Waals surface area contributed by atoms with Crippen LogP contribution in [0.5, 0.6) is 74.7 Å². The van der Waals surface area contributed by atoms with Gasteiger partial charge in [0.2, 0.25) is 0 Å². The normalized spacial score (nSPS) is 22.5. The monoisotopic (exact) mass is 922 g/mol. The number of phenolic OH excluding ortho intramolecular Hbond substituents is 11. The second kappa shape index (κ2) is 15.1. The van der Waals surface area contributed by atoms with Crippen LogP contribution in [0.3, 0.4) is 0 Å².